The molecule has 1 fully saturated rings. The van der Waals surface area contributed by atoms with Gasteiger partial charge in [-0.2, -0.15) is 5.26 Å². The molecule has 1 heterocycles. The molecule has 1 N–H and O–H groups in total. The third-order valence-electron chi connectivity index (χ3n) is 5.06. The Kier molecular flexibility index (Phi) is 7.50. The van der Waals surface area contributed by atoms with Crippen molar-refractivity contribution >= 4 is 69.8 Å². The first kappa shape index (κ1) is 24.2. The molecule has 0 radical (unpaired) electrons. The van der Waals surface area contributed by atoms with Gasteiger partial charge in [0.1, 0.15) is 16.7 Å². The van der Waals surface area contributed by atoms with E-state index in [4.69, 9.17) is 34.8 Å². The van der Waals surface area contributed by atoms with E-state index in [1.54, 1.807) is 54.6 Å². The lowest BCUT2D eigenvalue weighted by Gasteiger charge is -2.19. The van der Waals surface area contributed by atoms with Gasteiger partial charge < -0.3 is 5.32 Å². The quantitative estimate of drug-likeness (QED) is 0.295. The van der Waals surface area contributed by atoms with Crippen LogP contribution in [-0.4, -0.2) is 17.1 Å². The van der Waals surface area contributed by atoms with Crippen molar-refractivity contribution in [3.8, 4) is 6.07 Å². The number of nitrogens with zero attached hydrogens (tertiary/aromatic N) is 2. The van der Waals surface area contributed by atoms with Crippen LogP contribution in [0.1, 0.15) is 5.56 Å². The second kappa shape index (κ2) is 10.5. The Balaban J connectivity index is 1.73. The molecular formula is C25H16Cl3N3O2S. The number of benzene rings is 3. The number of carbonyl (C=O) groups is 2. The van der Waals surface area contributed by atoms with Gasteiger partial charge in [-0.05, 0) is 66.6 Å². The smallest absolute Gasteiger partial charge is 0.269 e. The number of rotatable bonds is 5. The maximum absolute atomic E-state index is 13.5. The van der Waals surface area contributed by atoms with Crippen molar-refractivity contribution in [3.05, 3.63) is 104 Å². The van der Waals surface area contributed by atoms with Gasteiger partial charge in [0.25, 0.3) is 5.91 Å². The second-order valence-electron chi connectivity index (χ2n) is 7.31. The molecule has 2 amide bonds. The van der Waals surface area contributed by atoms with Crippen LogP contribution in [0.2, 0.25) is 15.1 Å². The minimum atomic E-state index is -0.627. The highest BCUT2D eigenvalue weighted by atomic mass is 35.5. The van der Waals surface area contributed by atoms with E-state index >= 15 is 0 Å². The van der Waals surface area contributed by atoms with E-state index < -0.39 is 11.2 Å². The Morgan fingerprint density at radius 2 is 1.59 bits per heavy atom. The van der Waals surface area contributed by atoms with E-state index in [-0.39, 0.29) is 16.5 Å². The minimum absolute atomic E-state index is 0.176. The molecule has 1 unspecified atom stereocenters. The zero-order chi connectivity index (χ0) is 24.2. The van der Waals surface area contributed by atoms with E-state index in [2.05, 4.69) is 5.32 Å². The minimum Gasteiger partial charge on any atom is -0.321 e. The van der Waals surface area contributed by atoms with Gasteiger partial charge in [-0.15, -0.1) is 0 Å². The van der Waals surface area contributed by atoms with Crippen LogP contribution in [0.15, 0.2) is 83.4 Å². The molecule has 9 heteroatoms. The summed E-state index contributed by atoms with van der Waals surface area (Å²) < 4.78 is 0. The first-order chi connectivity index (χ1) is 16.4. The van der Waals surface area contributed by atoms with Gasteiger partial charge in [0.2, 0.25) is 5.91 Å². The fourth-order valence-electron chi connectivity index (χ4n) is 3.40. The fraction of sp³-hybridized carbons (Fsp3) is 0.0800. The van der Waals surface area contributed by atoms with Crippen molar-refractivity contribution < 1.29 is 9.59 Å². The van der Waals surface area contributed by atoms with E-state index in [0.29, 0.717) is 32.9 Å². The molecule has 0 bridgehead atoms. The average molecular weight is 529 g/mol. The maximum atomic E-state index is 13.5. The Labute approximate surface area is 215 Å². The number of amides is 2. The van der Waals surface area contributed by atoms with Crippen molar-refractivity contribution in [2.24, 2.45) is 0 Å². The zero-order valence-corrected chi connectivity index (χ0v) is 20.6. The topological polar surface area (TPSA) is 73.2 Å². The number of hydrogen-bond donors (Lipinski definition) is 1. The summed E-state index contributed by atoms with van der Waals surface area (Å²) in [6.45, 7) is 0. The molecule has 3 aromatic carbocycles. The summed E-state index contributed by atoms with van der Waals surface area (Å²) in [6, 6.07) is 22.4. The lowest BCUT2D eigenvalue weighted by molar-refractivity contribution is -0.117. The first-order valence-electron chi connectivity index (χ1n) is 10.1. The molecule has 1 aliphatic heterocycles. The summed E-state index contributed by atoms with van der Waals surface area (Å²) in [6.07, 6.45) is 0.342. The van der Waals surface area contributed by atoms with Crippen molar-refractivity contribution in [1.82, 2.24) is 0 Å². The van der Waals surface area contributed by atoms with E-state index in [1.807, 2.05) is 24.3 Å². The third-order valence-corrected chi connectivity index (χ3v) is 7.19. The van der Waals surface area contributed by atoms with Gasteiger partial charge in [-0.3, -0.25) is 14.5 Å². The molecule has 4 rings (SSSR count). The van der Waals surface area contributed by atoms with Crippen LogP contribution in [0.4, 0.5) is 11.4 Å². The average Bonchev–Trinajstić information content (AvgIpc) is 3.13. The molecule has 0 aliphatic carbocycles. The van der Waals surface area contributed by atoms with E-state index in [1.165, 1.54) is 4.90 Å². The van der Waals surface area contributed by atoms with Crippen molar-refractivity contribution in [3.63, 3.8) is 0 Å². The van der Waals surface area contributed by atoms with E-state index in [9.17, 15) is 14.9 Å². The summed E-state index contributed by atoms with van der Waals surface area (Å²) in [5, 5.41) is 13.9. The van der Waals surface area contributed by atoms with Gasteiger partial charge in [0, 0.05) is 26.4 Å². The lowest BCUT2D eigenvalue weighted by Crippen LogP contribution is -2.31. The van der Waals surface area contributed by atoms with Crippen LogP contribution >= 0.6 is 46.6 Å². The van der Waals surface area contributed by atoms with Gasteiger partial charge in [0.05, 0.1) is 5.25 Å². The molecule has 0 saturated carbocycles. The standard InChI is InChI=1S/C25H16Cl3N3O2S/c26-16-5-9-18(10-6-16)30-23(32)20(14-29)25-31(19-11-7-17(27)8-12-19)24(33)22(34-25)13-15-3-1-2-4-21(15)28/h1-12,22H,13H2,(H,30,32)/b25-20-. The molecule has 1 atom stereocenters. The predicted molar refractivity (Wildman–Crippen MR) is 138 cm³/mol. The molecule has 34 heavy (non-hydrogen) atoms. The highest BCUT2D eigenvalue weighted by Gasteiger charge is 2.41. The van der Waals surface area contributed by atoms with Crippen LogP contribution in [0.25, 0.3) is 0 Å². The molecule has 1 saturated heterocycles. The summed E-state index contributed by atoms with van der Waals surface area (Å²) in [7, 11) is 0. The lowest BCUT2D eigenvalue weighted by atomic mass is 10.1. The summed E-state index contributed by atoms with van der Waals surface area (Å²) in [5.74, 6) is -0.883. The monoisotopic (exact) mass is 527 g/mol. The Hall–Kier alpha value is -2.95. The Bertz CT molecular complexity index is 1320. The number of thioether (sulfide) groups is 1. The van der Waals surface area contributed by atoms with Gasteiger partial charge >= 0.3 is 0 Å². The third kappa shape index (κ3) is 5.24. The van der Waals surface area contributed by atoms with Crippen LogP contribution < -0.4 is 10.2 Å². The molecular weight excluding hydrogens is 513 g/mol. The predicted octanol–water partition coefficient (Wildman–Crippen LogP) is 6.71. The van der Waals surface area contributed by atoms with Crippen molar-refractivity contribution in [2.75, 3.05) is 10.2 Å². The van der Waals surface area contributed by atoms with Crippen LogP contribution in [0.3, 0.4) is 0 Å². The van der Waals surface area contributed by atoms with Gasteiger partial charge in [-0.25, -0.2) is 0 Å². The van der Waals surface area contributed by atoms with Crippen LogP contribution in [-0.2, 0) is 16.0 Å². The zero-order valence-electron chi connectivity index (χ0n) is 17.5. The van der Waals surface area contributed by atoms with Gasteiger partial charge in [0.15, 0.2) is 0 Å². The SMILES string of the molecule is N#C/C(C(=O)Nc1ccc(Cl)cc1)=C1/SC(Cc2ccccc2Cl)C(=O)N1c1ccc(Cl)cc1. The summed E-state index contributed by atoms with van der Waals surface area (Å²) >= 11 is 19.4. The fourth-order valence-corrected chi connectivity index (χ4v) is 5.16. The second-order valence-corrected chi connectivity index (χ2v) is 9.78. The number of carbonyl (C=O) groups excluding carboxylic acids is 2. The summed E-state index contributed by atoms with van der Waals surface area (Å²) in [5.41, 5.74) is 1.61. The Morgan fingerprint density at radius 1 is 0.971 bits per heavy atom. The number of nitriles is 1. The normalized spacial score (nSPS) is 16.8. The highest BCUT2D eigenvalue weighted by molar-refractivity contribution is 8.05. The van der Waals surface area contributed by atoms with Crippen molar-refractivity contribution in [2.45, 2.75) is 11.7 Å². The maximum Gasteiger partial charge on any atom is 0.269 e. The number of hydrogen-bond acceptors (Lipinski definition) is 4. The number of halogens is 3. The molecule has 170 valence electrons. The molecule has 5 nitrogen and oxygen atoms in total. The highest BCUT2D eigenvalue weighted by Crippen LogP contribution is 2.42. The molecule has 0 spiro atoms. The number of nitrogens with one attached hydrogen (secondary N) is 1. The largest absolute Gasteiger partial charge is 0.321 e. The van der Waals surface area contributed by atoms with Crippen LogP contribution in [0, 0.1) is 11.3 Å². The molecule has 1 aliphatic rings. The first-order valence-corrected chi connectivity index (χ1v) is 12.1. The summed E-state index contributed by atoms with van der Waals surface area (Å²) in [4.78, 5) is 27.9. The Morgan fingerprint density at radius 3 is 2.21 bits per heavy atom. The van der Waals surface area contributed by atoms with Gasteiger partial charge in [-0.1, -0.05) is 64.8 Å². The molecule has 0 aromatic heterocycles. The number of anilines is 2. The van der Waals surface area contributed by atoms with Crippen molar-refractivity contribution in [1.29, 1.82) is 5.26 Å². The van der Waals surface area contributed by atoms with Crippen LogP contribution in [0.5, 0.6) is 0 Å². The van der Waals surface area contributed by atoms with E-state index in [0.717, 1.165) is 17.3 Å². The molecule has 3 aromatic rings.